The summed E-state index contributed by atoms with van der Waals surface area (Å²) in [5, 5.41) is 4.75. The molecule has 0 unspecified atom stereocenters. The van der Waals surface area contributed by atoms with Crippen molar-refractivity contribution in [2.45, 2.75) is 6.54 Å². The predicted octanol–water partition coefficient (Wildman–Crippen LogP) is 2.81. The van der Waals surface area contributed by atoms with Gasteiger partial charge in [0, 0.05) is 6.20 Å². The highest BCUT2D eigenvalue weighted by molar-refractivity contribution is 6.30. The molecule has 0 aliphatic carbocycles. The molecule has 0 radical (unpaired) electrons. The lowest BCUT2D eigenvalue weighted by Crippen LogP contribution is -2.12. The van der Waals surface area contributed by atoms with Crippen molar-refractivity contribution in [2.24, 2.45) is 10.7 Å². The topological polar surface area (TPSA) is 56.2 Å². The summed E-state index contributed by atoms with van der Waals surface area (Å²) in [6.07, 6.45) is 3.39. The lowest BCUT2D eigenvalue weighted by Gasteiger charge is -2.02. The fraction of sp³-hybridized carbons (Fsp3) is 0.167. The number of nitrogens with two attached hydrogens (primary N) is 1. The molecular weight excluding hydrogens is 271 g/mol. The smallest absolute Gasteiger partial charge is 0.115 e. The lowest BCUT2D eigenvalue weighted by atomic mass is 10.2. The van der Waals surface area contributed by atoms with E-state index in [2.05, 4.69) is 10.1 Å². The molecule has 0 aliphatic heterocycles. The molecule has 4 nitrogen and oxygen atoms in total. The average molecular weight is 283 g/mol. The Morgan fingerprint density at radius 1 is 1.33 bits per heavy atom. The molecule has 0 aliphatic rings. The molecule has 2 aromatic rings. The number of benzene rings is 1. The molecule has 0 spiro atoms. The van der Waals surface area contributed by atoms with E-state index in [0.717, 1.165) is 11.3 Å². The van der Waals surface area contributed by atoms with Crippen LogP contribution in [0.4, 0.5) is 5.69 Å². The first-order chi connectivity index (χ1) is 8.67. The van der Waals surface area contributed by atoms with Crippen molar-refractivity contribution in [3.63, 3.8) is 0 Å². The van der Waals surface area contributed by atoms with E-state index in [1.807, 2.05) is 24.3 Å². The van der Waals surface area contributed by atoms with Gasteiger partial charge in [-0.2, -0.15) is 5.10 Å². The Labute approximate surface area is 115 Å². The van der Waals surface area contributed by atoms with Crippen LogP contribution >= 0.6 is 23.2 Å². The molecule has 6 heteroatoms. The number of hydrogen-bond donors (Lipinski definition) is 1. The Morgan fingerprint density at radius 3 is 2.61 bits per heavy atom. The van der Waals surface area contributed by atoms with E-state index in [9.17, 15) is 0 Å². The van der Waals surface area contributed by atoms with Gasteiger partial charge in [0.15, 0.2) is 0 Å². The maximum Gasteiger partial charge on any atom is 0.115 e. The van der Waals surface area contributed by atoms with Crippen LogP contribution in [0.15, 0.2) is 41.7 Å². The first-order valence-corrected chi connectivity index (χ1v) is 6.24. The summed E-state index contributed by atoms with van der Waals surface area (Å²) in [7, 11) is 0. The van der Waals surface area contributed by atoms with E-state index in [4.69, 9.17) is 28.9 Å². The molecule has 0 saturated heterocycles. The minimum atomic E-state index is 0.230. The molecule has 1 heterocycles. The molecule has 2 rings (SSSR count). The summed E-state index contributed by atoms with van der Waals surface area (Å²) in [6.45, 7) is 0.668. The molecule has 18 heavy (non-hydrogen) atoms. The first-order valence-electron chi connectivity index (χ1n) is 5.33. The fourth-order valence-electron chi connectivity index (χ4n) is 1.48. The van der Waals surface area contributed by atoms with E-state index in [1.165, 1.54) is 0 Å². The second-order valence-electron chi connectivity index (χ2n) is 3.76. The highest BCUT2D eigenvalue weighted by atomic mass is 35.5. The minimum absolute atomic E-state index is 0.230. The number of hydrogen-bond acceptors (Lipinski definition) is 2. The molecule has 2 N–H and O–H groups in total. The predicted molar refractivity (Wildman–Crippen MR) is 74.8 cm³/mol. The van der Waals surface area contributed by atoms with Crippen molar-refractivity contribution in [3.8, 4) is 0 Å². The van der Waals surface area contributed by atoms with E-state index < -0.39 is 0 Å². The van der Waals surface area contributed by atoms with Crippen LogP contribution in [0.3, 0.4) is 0 Å². The molecule has 0 bridgehead atoms. The van der Waals surface area contributed by atoms with Gasteiger partial charge in [-0.1, -0.05) is 23.7 Å². The third-order valence-electron chi connectivity index (χ3n) is 2.29. The SMILES string of the molecule is NC(CCl)=Nc1ccc(Cn2cc(Cl)cn2)cc1. The second-order valence-corrected chi connectivity index (χ2v) is 4.46. The van der Waals surface area contributed by atoms with Crippen LogP contribution in [0, 0.1) is 0 Å². The first kappa shape index (κ1) is 12.9. The maximum atomic E-state index is 5.80. The van der Waals surface area contributed by atoms with Crippen molar-refractivity contribution in [3.05, 3.63) is 47.2 Å². The largest absolute Gasteiger partial charge is 0.386 e. The van der Waals surface area contributed by atoms with Crippen molar-refractivity contribution in [1.82, 2.24) is 9.78 Å². The Hall–Kier alpha value is -1.52. The molecule has 0 fully saturated rings. The Kier molecular flexibility index (Phi) is 4.23. The average Bonchev–Trinajstić information content (AvgIpc) is 2.77. The van der Waals surface area contributed by atoms with Gasteiger partial charge in [-0.3, -0.25) is 4.68 Å². The number of rotatable bonds is 4. The second kappa shape index (κ2) is 5.89. The molecule has 0 amide bonds. The summed E-state index contributed by atoms with van der Waals surface area (Å²) >= 11 is 11.4. The van der Waals surface area contributed by atoms with E-state index in [-0.39, 0.29) is 5.88 Å². The summed E-state index contributed by atoms with van der Waals surface area (Å²) < 4.78 is 1.77. The minimum Gasteiger partial charge on any atom is -0.386 e. The van der Waals surface area contributed by atoms with E-state index >= 15 is 0 Å². The third-order valence-corrected chi connectivity index (χ3v) is 2.76. The highest BCUT2D eigenvalue weighted by Crippen LogP contribution is 2.14. The summed E-state index contributed by atoms with van der Waals surface area (Å²) in [6, 6.07) is 7.71. The summed E-state index contributed by atoms with van der Waals surface area (Å²) in [5.74, 6) is 0.636. The molecule has 1 aromatic heterocycles. The van der Waals surface area contributed by atoms with Crippen molar-refractivity contribution in [2.75, 3.05) is 5.88 Å². The van der Waals surface area contributed by atoms with Gasteiger partial charge in [0.05, 0.1) is 29.3 Å². The summed E-state index contributed by atoms with van der Waals surface area (Å²) in [5.41, 5.74) is 7.46. The van der Waals surface area contributed by atoms with Gasteiger partial charge in [-0.05, 0) is 17.7 Å². The van der Waals surface area contributed by atoms with Crippen LogP contribution in [0.25, 0.3) is 0 Å². The zero-order chi connectivity index (χ0) is 13.0. The molecule has 0 atom stereocenters. The fourth-order valence-corrected chi connectivity index (χ4v) is 1.70. The maximum absolute atomic E-state index is 5.80. The van der Waals surface area contributed by atoms with Crippen LogP contribution in [-0.4, -0.2) is 21.5 Å². The van der Waals surface area contributed by atoms with E-state index in [1.54, 1.807) is 17.1 Å². The van der Waals surface area contributed by atoms with Gasteiger partial charge in [-0.25, -0.2) is 4.99 Å². The monoisotopic (exact) mass is 282 g/mol. The van der Waals surface area contributed by atoms with Gasteiger partial charge in [0.1, 0.15) is 5.84 Å². The normalized spacial score (nSPS) is 11.8. The van der Waals surface area contributed by atoms with Crippen molar-refractivity contribution in [1.29, 1.82) is 0 Å². The van der Waals surface area contributed by atoms with Crippen LogP contribution in [0.2, 0.25) is 5.02 Å². The van der Waals surface area contributed by atoms with E-state index in [0.29, 0.717) is 17.4 Å². The van der Waals surface area contributed by atoms with Crippen LogP contribution in [-0.2, 0) is 6.54 Å². The third kappa shape index (κ3) is 3.48. The molecule has 1 aromatic carbocycles. The number of amidine groups is 1. The standard InChI is InChI=1S/C12H12Cl2N4/c13-5-12(15)17-11-3-1-9(2-4-11)7-18-8-10(14)6-16-18/h1-4,6,8H,5,7H2,(H2,15,17). The molecule has 94 valence electrons. The zero-order valence-electron chi connectivity index (χ0n) is 9.55. The van der Waals surface area contributed by atoms with Crippen LogP contribution in [0.5, 0.6) is 0 Å². The number of alkyl halides is 1. The quantitative estimate of drug-likeness (QED) is 0.533. The van der Waals surface area contributed by atoms with Crippen molar-refractivity contribution >= 4 is 34.7 Å². The van der Waals surface area contributed by atoms with Gasteiger partial charge in [0.25, 0.3) is 0 Å². The molecular formula is C12H12Cl2N4. The Balaban J connectivity index is 2.08. The van der Waals surface area contributed by atoms with Crippen LogP contribution in [0.1, 0.15) is 5.56 Å². The number of nitrogens with zero attached hydrogens (tertiary/aromatic N) is 3. The number of aromatic nitrogens is 2. The number of aliphatic imine (C=N–C) groups is 1. The Bertz CT molecular complexity index is 545. The number of halogens is 2. The highest BCUT2D eigenvalue weighted by Gasteiger charge is 1.98. The van der Waals surface area contributed by atoms with Crippen LogP contribution < -0.4 is 5.73 Å². The summed E-state index contributed by atoms with van der Waals surface area (Å²) in [4.78, 5) is 4.15. The molecule has 0 saturated carbocycles. The van der Waals surface area contributed by atoms with Gasteiger partial charge < -0.3 is 5.73 Å². The van der Waals surface area contributed by atoms with Gasteiger partial charge >= 0.3 is 0 Å². The van der Waals surface area contributed by atoms with Crippen molar-refractivity contribution < 1.29 is 0 Å². The van der Waals surface area contributed by atoms with Gasteiger partial charge in [0.2, 0.25) is 0 Å². The zero-order valence-corrected chi connectivity index (χ0v) is 11.1. The lowest BCUT2D eigenvalue weighted by molar-refractivity contribution is 0.687. The Morgan fingerprint density at radius 2 is 2.06 bits per heavy atom. The van der Waals surface area contributed by atoms with Gasteiger partial charge in [-0.15, -0.1) is 11.6 Å².